The summed E-state index contributed by atoms with van der Waals surface area (Å²) in [7, 11) is 1.65. The van der Waals surface area contributed by atoms with Crippen molar-refractivity contribution in [2.45, 2.75) is 18.1 Å². The minimum atomic E-state index is -0.166. The molecule has 2 rings (SSSR count). The van der Waals surface area contributed by atoms with E-state index in [0.29, 0.717) is 18.3 Å². The van der Waals surface area contributed by atoms with Crippen molar-refractivity contribution in [3.63, 3.8) is 0 Å². The Labute approximate surface area is 128 Å². The Balaban J connectivity index is 1.88. The van der Waals surface area contributed by atoms with E-state index in [9.17, 15) is 4.79 Å². The number of rotatable bonds is 8. The van der Waals surface area contributed by atoms with Crippen LogP contribution in [0.2, 0.25) is 0 Å². The van der Waals surface area contributed by atoms with Gasteiger partial charge in [0.25, 0.3) is 0 Å². The van der Waals surface area contributed by atoms with E-state index >= 15 is 0 Å². The van der Waals surface area contributed by atoms with E-state index in [4.69, 9.17) is 4.74 Å². The highest BCUT2D eigenvalue weighted by atomic mass is 32.2. The number of hydrogen-bond donors (Lipinski definition) is 1. The Morgan fingerprint density at radius 1 is 1.38 bits per heavy atom. The maximum absolute atomic E-state index is 11.7. The van der Waals surface area contributed by atoms with Crippen molar-refractivity contribution < 1.29 is 4.74 Å². The van der Waals surface area contributed by atoms with Gasteiger partial charge in [-0.15, -0.1) is 5.10 Å². The number of nitrogens with one attached hydrogen (secondary N) is 1. The molecule has 0 bridgehead atoms. The van der Waals surface area contributed by atoms with Gasteiger partial charge in [0.15, 0.2) is 5.16 Å². The Morgan fingerprint density at radius 2 is 2.19 bits per heavy atom. The van der Waals surface area contributed by atoms with Crippen LogP contribution < -0.4 is 5.69 Å². The third kappa shape index (κ3) is 4.91. The Bertz CT molecular complexity index is 619. The minimum Gasteiger partial charge on any atom is -0.385 e. The van der Waals surface area contributed by atoms with E-state index in [1.54, 1.807) is 11.7 Å². The zero-order chi connectivity index (χ0) is 14.9. The molecule has 2 aromatic rings. The predicted octanol–water partition coefficient (Wildman–Crippen LogP) is 2.41. The molecule has 0 saturated heterocycles. The second kappa shape index (κ2) is 8.49. The van der Waals surface area contributed by atoms with Gasteiger partial charge >= 0.3 is 5.69 Å². The predicted molar refractivity (Wildman–Crippen MR) is 85.5 cm³/mol. The van der Waals surface area contributed by atoms with Gasteiger partial charge in [-0.2, -0.15) is 0 Å². The molecule has 112 valence electrons. The number of methoxy groups -OCH3 is 1. The van der Waals surface area contributed by atoms with Crippen LogP contribution >= 0.6 is 11.8 Å². The number of benzene rings is 1. The Morgan fingerprint density at radius 3 is 2.95 bits per heavy atom. The van der Waals surface area contributed by atoms with Gasteiger partial charge in [0, 0.05) is 26.0 Å². The molecule has 1 aromatic heterocycles. The smallest absolute Gasteiger partial charge is 0.343 e. The first-order valence-corrected chi connectivity index (χ1v) is 7.78. The highest BCUT2D eigenvalue weighted by Gasteiger charge is 2.07. The molecular formula is C15H19N3O2S. The summed E-state index contributed by atoms with van der Waals surface area (Å²) in [5.41, 5.74) is 0.998. The van der Waals surface area contributed by atoms with Crippen LogP contribution in [-0.4, -0.2) is 34.2 Å². The van der Waals surface area contributed by atoms with Crippen LogP contribution in [0.1, 0.15) is 12.0 Å². The average Bonchev–Trinajstić information content (AvgIpc) is 2.86. The topological polar surface area (TPSA) is 59.9 Å². The van der Waals surface area contributed by atoms with Crippen LogP contribution in [0.25, 0.3) is 6.08 Å². The van der Waals surface area contributed by atoms with Crippen LogP contribution in [0.5, 0.6) is 0 Å². The molecular weight excluding hydrogens is 286 g/mol. The zero-order valence-electron chi connectivity index (χ0n) is 12.0. The summed E-state index contributed by atoms with van der Waals surface area (Å²) in [6.45, 7) is 1.25. The summed E-state index contributed by atoms with van der Waals surface area (Å²) >= 11 is 1.54. The molecule has 1 N–H and O–H groups in total. The van der Waals surface area contributed by atoms with Gasteiger partial charge in [-0.3, -0.25) is 4.57 Å². The normalized spacial score (nSPS) is 11.3. The number of hydrogen-bond acceptors (Lipinski definition) is 4. The molecule has 0 fully saturated rings. The summed E-state index contributed by atoms with van der Waals surface area (Å²) in [5.74, 6) is 0.767. The molecule has 0 spiro atoms. The van der Waals surface area contributed by atoms with Crippen LogP contribution in [0.3, 0.4) is 0 Å². The summed E-state index contributed by atoms with van der Waals surface area (Å²) in [4.78, 5) is 11.7. The highest BCUT2D eigenvalue weighted by Crippen LogP contribution is 2.14. The van der Waals surface area contributed by atoms with E-state index in [1.165, 1.54) is 11.8 Å². The molecule has 5 nitrogen and oxygen atoms in total. The maximum atomic E-state index is 11.7. The van der Waals surface area contributed by atoms with E-state index in [2.05, 4.69) is 34.5 Å². The molecule has 0 atom stereocenters. The Hall–Kier alpha value is -1.79. The lowest BCUT2D eigenvalue weighted by Crippen LogP contribution is -2.18. The summed E-state index contributed by atoms with van der Waals surface area (Å²) < 4.78 is 6.66. The van der Waals surface area contributed by atoms with Crippen molar-refractivity contribution in [1.82, 2.24) is 14.8 Å². The largest absolute Gasteiger partial charge is 0.385 e. The van der Waals surface area contributed by atoms with Crippen LogP contribution in [0, 0.1) is 0 Å². The molecule has 21 heavy (non-hydrogen) atoms. The van der Waals surface area contributed by atoms with Crippen LogP contribution in [0.4, 0.5) is 0 Å². The summed E-state index contributed by atoms with van der Waals surface area (Å²) in [6.07, 6.45) is 4.93. The third-order valence-electron chi connectivity index (χ3n) is 2.87. The zero-order valence-corrected chi connectivity index (χ0v) is 12.8. The van der Waals surface area contributed by atoms with Crippen molar-refractivity contribution in [3.8, 4) is 0 Å². The fraction of sp³-hybridized carbons (Fsp3) is 0.333. The standard InChI is InChI=1S/C15H19N3O2S/c1-20-11-6-10-18-14(19)16-17-15(18)21-12-5-9-13-7-3-2-4-8-13/h2-5,7-9H,6,10-12H2,1H3,(H,16,19)/b9-5+. The van der Waals surface area contributed by atoms with Gasteiger partial charge in [0.1, 0.15) is 0 Å². The molecule has 0 aliphatic rings. The molecule has 0 amide bonds. The lowest BCUT2D eigenvalue weighted by atomic mass is 10.2. The monoisotopic (exact) mass is 305 g/mol. The molecule has 6 heteroatoms. The van der Waals surface area contributed by atoms with Gasteiger partial charge in [0.05, 0.1) is 0 Å². The van der Waals surface area contributed by atoms with Crippen molar-refractivity contribution in [3.05, 3.63) is 52.5 Å². The lowest BCUT2D eigenvalue weighted by molar-refractivity contribution is 0.189. The molecule has 1 aromatic carbocycles. The molecule has 0 radical (unpaired) electrons. The number of aromatic nitrogens is 3. The van der Waals surface area contributed by atoms with Crippen LogP contribution in [-0.2, 0) is 11.3 Å². The second-order valence-electron chi connectivity index (χ2n) is 4.43. The van der Waals surface area contributed by atoms with E-state index in [1.807, 2.05) is 18.2 Å². The first-order valence-electron chi connectivity index (χ1n) is 6.80. The summed E-state index contributed by atoms with van der Waals surface area (Å²) in [6, 6.07) is 10.1. The van der Waals surface area contributed by atoms with Crippen molar-refractivity contribution in [1.29, 1.82) is 0 Å². The number of H-pyrrole nitrogens is 1. The van der Waals surface area contributed by atoms with Crippen molar-refractivity contribution >= 4 is 17.8 Å². The first kappa shape index (κ1) is 15.6. The SMILES string of the molecule is COCCCn1c(SC/C=C/c2ccccc2)n[nH]c1=O. The lowest BCUT2D eigenvalue weighted by Gasteiger charge is -2.03. The fourth-order valence-corrected chi connectivity index (χ4v) is 2.63. The maximum Gasteiger partial charge on any atom is 0.343 e. The Kier molecular flexibility index (Phi) is 6.30. The number of ether oxygens (including phenoxy) is 1. The van der Waals surface area contributed by atoms with Gasteiger partial charge < -0.3 is 4.74 Å². The fourth-order valence-electron chi connectivity index (χ4n) is 1.85. The van der Waals surface area contributed by atoms with Crippen molar-refractivity contribution in [2.75, 3.05) is 19.5 Å². The molecule has 0 unspecified atom stereocenters. The highest BCUT2D eigenvalue weighted by molar-refractivity contribution is 7.99. The number of nitrogens with zero attached hydrogens (tertiary/aromatic N) is 2. The quantitative estimate of drug-likeness (QED) is 0.601. The number of aromatic amines is 1. The third-order valence-corrected chi connectivity index (χ3v) is 3.80. The van der Waals surface area contributed by atoms with E-state index in [-0.39, 0.29) is 5.69 Å². The molecule has 0 aliphatic heterocycles. The number of thioether (sulfide) groups is 1. The molecule has 1 heterocycles. The summed E-state index contributed by atoms with van der Waals surface area (Å²) in [5, 5.41) is 7.26. The van der Waals surface area contributed by atoms with Crippen molar-refractivity contribution in [2.24, 2.45) is 0 Å². The van der Waals surface area contributed by atoms with E-state index < -0.39 is 0 Å². The molecule has 0 saturated carbocycles. The average molecular weight is 305 g/mol. The van der Waals surface area contributed by atoms with Gasteiger partial charge in [-0.05, 0) is 12.0 Å². The van der Waals surface area contributed by atoms with Crippen LogP contribution in [0.15, 0.2) is 46.4 Å². The molecule has 0 aliphatic carbocycles. The second-order valence-corrected chi connectivity index (χ2v) is 5.42. The first-order chi connectivity index (χ1) is 10.3. The van der Waals surface area contributed by atoms with E-state index in [0.717, 1.165) is 17.7 Å². The van der Waals surface area contributed by atoms with Gasteiger partial charge in [0.2, 0.25) is 0 Å². The minimum absolute atomic E-state index is 0.166. The van der Waals surface area contributed by atoms with Gasteiger partial charge in [-0.25, -0.2) is 9.89 Å². The van der Waals surface area contributed by atoms with Gasteiger partial charge in [-0.1, -0.05) is 54.2 Å².